The van der Waals surface area contributed by atoms with Crippen LogP contribution in [0.5, 0.6) is 0 Å². The zero-order valence-electron chi connectivity index (χ0n) is 7.43. The highest BCUT2D eigenvalue weighted by atomic mass is 15.1. The number of hydrogen-bond acceptors (Lipinski definition) is 2. The summed E-state index contributed by atoms with van der Waals surface area (Å²) in [5.41, 5.74) is 0. The molecule has 2 nitrogen and oxygen atoms in total. The number of rotatable bonds is 3. The van der Waals surface area contributed by atoms with E-state index in [1.54, 1.807) is 0 Å². The van der Waals surface area contributed by atoms with Gasteiger partial charge in [0.15, 0.2) is 0 Å². The van der Waals surface area contributed by atoms with Crippen LogP contribution in [0.15, 0.2) is 12.3 Å². The standard InChI is InChI=1S/C9H18N2/c1-3-8(4-2)9-10-6-5-7-11-9/h5-6,8-11H,3-4,7H2,1-2H3. The third-order valence-electron chi connectivity index (χ3n) is 2.37. The van der Waals surface area contributed by atoms with Crippen LogP contribution in [-0.4, -0.2) is 12.7 Å². The van der Waals surface area contributed by atoms with Gasteiger partial charge in [0, 0.05) is 6.54 Å². The summed E-state index contributed by atoms with van der Waals surface area (Å²) in [5.74, 6) is 0.764. The molecule has 11 heavy (non-hydrogen) atoms. The summed E-state index contributed by atoms with van der Waals surface area (Å²) >= 11 is 0. The van der Waals surface area contributed by atoms with E-state index in [2.05, 4.69) is 36.8 Å². The molecule has 0 radical (unpaired) electrons. The maximum atomic E-state index is 3.42. The third kappa shape index (κ3) is 2.22. The van der Waals surface area contributed by atoms with Gasteiger partial charge in [-0.05, 0) is 12.1 Å². The van der Waals surface area contributed by atoms with Crippen LogP contribution in [0.4, 0.5) is 0 Å². The molecule has 0 aromatic rings. The Hall–Kier alpha value is -0.500. The molecule has 1 rings (SSSR count). The van der Waals surface area contributed by atoms with E-state index in [4.69, 9.17) is 0 Å². The lowest BCUT2D eigenvalue weighted by molar-refractivity contribution is 0.308. The van der Waals surface area contributed by atoms with Crippen molar-refractivity contribution in [2.45, 2.75) is 32.9 Å². The molecule has 2 N–H and O–H groups in total. The molecule has 0 aromatic heterocycles. The minimum absolute atomic E-state index is 0.495. The van der Waals surface area contributed by atoms with Crippen molar-refractivity contribution in [1.82, 2.24) is 10.6 Å². The maximum absolute atomic E-state index is 3.42. The molecular weight excluding hydrogens is 136 g/mol. The summed E-state index contributed by atoms with van der Waals surface area (Å²) in [6.07, 6.45) is 7.15. The van der Waals surface area contributed by atoms with Crippen LogP contribution >= 0.6 is 0 Å². The van der Waals surface area contributed by atoms with Gasteiger partial charge in [-0.2, -0.15) is 0 Å². The first-order valence-corrected chi connectivity index (χ1v) is 4.53. The largest absolute Gasteiger partial charge is 0.376 e. The topological polar surface area (TPSA) is 24.1 Å². The highest BCUT2D eigenvalue weighted by Gasteiger charge is 2.16. The van der Waals surface area contributed by atoms with Crippen LogP contribution in [0, 0.1) is 5.92 Å². The van der Waals surface area contributed by atoms with Gasteiger partial charge in [0.2, 0.25) is 0 Å². The smallest absolute Gasteiger partial charge is 0.0794 e. The second-order valence-electron chi connectivity index (χ2n) is 3.03. The van der Waals surface area contributed by atoms with Crippen LogP contribution in [0.3, 0.4) is 0 Å². The molecule has 0 saturated heterocycles. The molecule has 1 aliphatic rings. The summed E-state index contributed by atoms with van der Waals surface area (Å²) < 4.78 is 0. The van der Waals surface area contributed by atoms with E-state index >= 15 is 0 Å². The first-order chi connectivity index (χ1) is 5.38. The Morgan fingerprint density at radius 1 is 1.45 bits per heavy atom. The van der Waals surface area contributed by atoms with Gasteiger partial charge in [0.1, 0.15) is 0 Å². The Morgan fingerprint density at radius 2 is 2.18 bits per heavy atom. The molecule has 0 fully saturated rings. The minimum Gasteiger partial charge on any atom is -0.376 e. The molecular formula is C9H18N2. The lowest BCUT2D eigenvalue weighted by Crippen LogP contribution is -2.47. The van der Waals surface area contributed by atoms with E-state index in [0.29, 0.717) is 6.17 Å². The summed E-state index contributed by atoms with van der Waals surface area (Å²) in [5, 5.41) is 6.75. The average Bonchev–Trinajstić information content (AvgIpc) is 2.09. The second-order valence-corrected chi connectivity index (χ2v) is 3.03. The van der Waals surface area contributed by atoms with Crippen molar-refractivity contribution in [2.75, 3.05) is 6.54 Å². The van der Waals surface area contributed by atoms with Crippen LogP contribution < -0.4 is 10.6 Å². The highest BCUT2D eigenvalue weighted by molar-refractivity contribution is 4.92. The molecule has 1 aliphatic heterocycles. The van der Waals surface area contributed by atoms with Crippen molar-refractivity contribution in [2.24, 2.45) is 5.92 Å². The molecule has 0 spiro atoms. The maximum Gasteiger partial charge on any atom is 0.0794 e. The highest BCUT2D eigenvalue weighted by Crippen LogP contribution is 2.11. The van der Waals surface area contributed by atoms with Crippen molar-refractivity contribution in [1.29, 1.82) is 0 Å². The van der Waals surface area contributed by atoms with Gasteiger partial charge >= 0.3 is 0 Å². The van der Waals surface area contributed by atoms with Crippen LogP contribution in [0.2, 0.25) is 0 Å². The number of nitrogens with one attached hydrogen (secondary N) is 2. The zero-order valence-corrected chi connectivity index (χ0v) is 7.43. The van der Waals surface area contributed by atoms with E-state index in [9.17, 15) is 0 Å². The van der Waals surface area contributed by atoms with E-state index in [0.717, 1.165) is 12.5 Å². The van der Waals surface area contributed by atoms with Gasteiger partial charge in [0.05, 0.1) is 6.17 Å². The zero-order chi connectivity index (χ0) is 8.10. The van der Waals surface area contributed by atoms with Gasteiger partial charge in [-0.15, -0.1) is 0 Å². The molecule has 0 amide bonds. The SMILES string of the molecule is CCC(CC)C1NC=CCN1. The molecule has 64 valence electrons. The molecule has 1 heterocycles. The predicted molar refractivity (Wildman–Crippen MR) is 48.1 cm³/mol. The third-order valence-corrected chi connectivity index (χ3v) is 2.37. The lowest BCUT2D eigenvalue weighted by atomic mass is 9.99. The quantitative estimate of drug-likeness (QED) is 0.643. The van der Waals surface area contributed by atoms with Gasteiger partial charge in [-0.25, -0.2) is 0 Å². The van der Waals surface area contributed by atoms with Crippen LogP contribution in [0.25, 0.3) is 0 Å². The fraction of sp³-hybridized carbons (Fsp3) is 0.778. The normalized spacial score (nSPS) is 23.7. The van der Waals surface area contributed by atoms with Crippen molar-refractivity contribution in [3.8, 4) is 0 Å². The summed E-state index contributed by atoms with van der Waals surface area (Å²) in [6.45, 7) is 5.50. The van der Waals surface area contributed by atoms with Crippen molar-refractivity contribution >= 4 is 0 Å². The fourth-order valence-electron chi connectivity index (χ4n) is 1.55. The Balaban J connectivity index is 2.38. The van der Waals surface area contributed by atoms with Crippen molar-refractivity contribution in [3.63, 3.8) is 0 Å². The van der Waals surface area contributed by atoms with Gasteiger partial charge in [-0.1, -0.05) is 32.8 Å². The number of hydrogen-bond donors (Lipinski definition) is 2. The predicted octanol–water partition coefficient (Wildman–Crippen LogP) is 1.46. The second kappa shape index (κ2) is 4.39. The van der Waals surface area contributed by atoms with E-state index in [1.807, 2.05) is 0 Å². The molecule has 0 aliphatic carbocycles. The lowest BCUT2D eigenvalue weighted by Gasteiger charge is -2.28. The molecule has 1 atom stereocenters. The fourth-order valence-corrected chi connectivity index (χ4v) is 1.55. The van der Waals surface area contributed by atoms with Gasteiger partial charge in [0.25, 0.3) is 0 Å². The first kappa shape index (κ1) is 8.60. The van der Waals surface area contributed by atoms with Gasteiger partial charge in [-0.3, -0.25) is 5.32 Å². The van der Waals surface area contributed by atoms with Crippen LogP contribution in [-0.2, 0) is 0 Å². The summed E-state index contributed by atoms with van der Waals surface area (Å²) in [7, 11) is 0. The monoisotopic (exact) mass is 154 g/mol. The molecule has 1 unspecified atom stereocenters. The Bertz CT molecular complexity index is 128. The Morgan fingerprint density at radius 3 is 2.64 bits per heavy atom. The van der Waals surface area contributed by atoms with E-state index < -0.39 is 0 Å². The minimum atomic E-state index is 0.495. The van der Waals surface area contributed by atoms with E-state index in [1.165, 1.54) is 12.8 Å². The average molecular weight is 154 g/mol. The van der Waals surface area contributed by atoms with Crippen molar-refractivity contribution < 1.29 is 0 Å². The van der Waals surface area contributed by atoms with E-state index in [-0.39, 0.29) is 0 Å². The van der Waals surface area contributed by atoms with Crippen molar-refractivity contribution in [3.05, 3.63) is 12.3 Å². The first-order valence-electron chi connectivity index (χ1n) is 4.53. The summed E-state index contributed by atoms with van der Waals surface area (Å²) in [4.78, 5) is 0. The van der Waals surface area contributed by atoms with Crippen LogP contribution in [0.1, 0.15) is 26.7 Å². The molecule has 0 bridgehead atoms. The molecule has 0 saturated carbocycles. The Labute approximate surface area is 69.1 Å². The summed E-state index contributed by atoms with van der Waals surface area (Å²) in [6, 6.07) is 0. The molecule has 0 aromatic carbocycles. The Kier molecular flexibility index (Phi) is 3.43. The van der Waals surface area contributed by atoms with Gasteiger partial charge < -0.3 is 5.32 Å². The molecule has 2 heteroatoms.